The van der Waals surface area contributed by atoms with E-state index in [9.17, 15) is 4.39 Å². The van der Waals surface area contributed by atoms with Crippen molar-refractivity contribution < 1.29 is 13.9 Å². The SMILES string of the molecule is COc1ccsc1C.Cc1cc(C)cc(C)c1.Cc1cc(C)cc(Cl)c1.Cc1cc(C)cc(Cl)c1.Cc1cc(C)cc(F)c1.Cc1ccc(C)c(Cl)c1.Cc1ccc(C)c(Cl)c1.Cc1ccc(Cl)cc1.Cc1cccc(C)c1.Cc1cccc(C)c1.Cc1cccc(C)c1.Cc1cccc2c1CCCC2.Cc1cccs1.Cc1ccsc1C.Cc1scc2c1CCC2.Cc1scc2c1CCCC2.Cc1scc2c1COC2. The lowest BCUT2D eigenvalue weighted by molar-refractivity contribution is 0.134. The molecule has 11 aromatic carbocycles. The first kappa shape index (κ1) is 127. The summed E-state index contributed by atoms with van der Waals surface area (Å²) in [6.07, 6.45) is 14.9. The molecule has 0 spiro atoms. The molecule has 0 N–H and O–H groups in total. The molecule has 0 atom stereocenters. The van der Waals surface area contributed by atoms with Gasteiger partial charge in [-0.25, -0.2) is 4.39 Å². The molecule has 7 heterocycles. The number of rotatable bonds is 1. The Morgan fingerprint density at radius 3 is 0.870 bits per heavy atom. The van der Waals surface area contributed by atoms with E-state index in [1.807, 2.05) is 207 Å². The van der Waals surface area contributed by atoms with Crippen LogP contribution in [0.2, 0.25) is 25.1 Å². The second-order valence-corrected chi connectivity index (χ2v) is 46.9. The minimum absolute atomic E-state index is 0.146. The van der Waals surface area contributed by atoms with E-state index in [1.165, 1.54) is 214 Å². The molecule has 146 heavy (non-hydrogen) atoms. The summed E-state index contributed by atoms with van der Waals surface area (Å²) in [5.74, 6) is 0.850. The van der Waals surface area contributed by atoms with Gasteiger partial charge in [0.2, 0.25) is 0 Å². The standard InChI is InChI=1S/C11H14.C9H12S.C9H12.4C8H9Cl.C8H9F.C8H10S.3C8H10.C7H7Cl.C7H8OS.C6H8OS.C6H8S.C5H6S/c1-9-5-4-7-10-6-2-3-8-11(9)10;1-7-9-5-3-2-4-8(9)6-10-7;1-7-4-8(2)6-9(3)5-7;2*1-6-3-7(2)5-8(9)4-6;2*1-6-3-4-7(2)8(9)5-6;1-6-3-7(2)5-8(9)4-6;1-6-8-4-2-3-7(8)5-9-6;3*1-7-4-3-5-8(2)6-7;1-6-2-4-7(8)5-3-6;1-5-7-3-8-2-6(7)4-9-5;1-5-6(7-2)3-4-8-5;1-5-3-4-7-6(5)2;1-5-3-2-4-6-5/h4-5,7H,2-3,6,8H2,1H3;6H,2-5H2,1H3;4-6H,1-3H3;5*3-5H,1-2H3;5H,2-4H2,1H3;3*3-6H,1-2H3;2-5H,1H3;4H,2-3H2,1H3;3-4H,1-2H3;3-4H,1-2H3;2-4H,1H3. The van der Waals surface area contributed by atoms with Crippen LogP contribution in [0.5, 0.6) is 5.75 Å². The molecule has 3 aliphatic carbocycles. The zero-order chi connectivity index (χ0) is 108. The summed E-state index contributed by atoms with van der Waals surface area (Å²) in [5.41, 5.74) is 40.4. The quantitative estimate of drug-likeness (QED) is 0.163. The molecule has 0 saturated heterocycles. The lowest BCUT2D eigenvalue weighted by Gasteiger charge is -2.17. The highest BCUT2D eigenvalue weighted by Gasteiger charge is 2.16. The van der Waals surface area contributed by atoms with Crippen LogP contribution in [-0.2, 0) is 56.5 Å². The van der Waals surface area contributed by atoms with Crippen LogP contribution in [0.4, 0.5) is 4.39 Å². The largest absolute Gasteiger partial charge is 0.496 e. The van der Waals surface area contributed by atoms with Crippen molar-refractivity contribution in [3.63, 3.8) is 0 Å². The topological polar surface area (TPSA) is 18.5 Å². The van der Waals surface area contributed by atoms with Gasteiger partial charge in [0.05, 0.1) is 20.3 Å². The maximum Gasteiger partial charge on any atom is 0.132 e. The number of benzene rings is 11. The summed E-state index contributed by atoms with van der Waals surface area (Å²) in [6.45, 7) is 60.0. The third-order valence-corrected chi connectivity index (χ3v) is 30.7. The molecule has 0 bridgehead atoms. The van der Waals surface area contributed by atoms with Gasteiger partial charge in [-0.05, 0) is 487 Å². The number of thiophene rings is 6. The Morgan fingerprint density at radius 1 is 0.233 bits per heavy atom. The van der Waals surface area contributed by atoms with E-state index >= 15 is 0 Å². The minimum Gasteiger partial charge on any atom is -0.496 e. The Bertz CT molecular complexity index is 5920. The van der Waals surface area contributed by atoms with Crippen molar-refractivity contribution in [2.45, 2.75) is 278 Å². The van der Waals surface area contributed by atoms with E-state index in [1.54, 1.807) is 84.3 Å². The van der Waals surface area contributed by atoms with E-state index in [0.29, 0.717) is 0 Å². The Morgan fingerprint density at radius 2 is 0.575 bits per heavy atom. The molecule has 14 heteroatoms. The predicted molar refractivity (Wildman–Crippen MR) is 655 cm³/mol. The fraction of sp³-hybridized carbons (Fsp3) is 0.318. The lowest BCUT2D eigenvalue weighted by Crippen LogP contribution is -2.03. The highest BCUT2D eigenvalue weighted by atomic mass is 35.5. The van der Waals surface area contributed by atoms with Crippen LogP contribution in [0.15, 0.2) is 281 Å². The molecule has 0 saturated carbocycles. The number of hydrogen-bond donors (Lipinski definition) is 0. The first-order valence-electron chi connectivity index (χ1n) is 50.3. The number of hydrogen-bond acceptors (Lipinski definition) is 8. The Kier molecular flexibility index (Phi) is 60.9. The first-order valence-corrected chi connectivity index (χ1v) is 57.5. The normalized spacial score (nSPS) is 11.3. The Balaban J connectivity index is 0.000000273. The molecule has 4 aliphatic rings. The van der Waals surface area contributed by atoms with E-state index < -0.39 is 0 Å². The molecule has 2 nitrogen and oxygen atoms in total. The van der Waals surface area contributed by atoms with Crippen molar-refractivity contribution in [2.75, 3.05) is 7.11 Å². The average Bonchev–Trinajstić information content (AvgIpc) is 1.67. The van der Waals surface area contributed by atoms with Crippen LogP contribution in [0.25, 0.3) is 0 Å². The van der Waals surface area contributed by atoms with Gasteiger partial charge >= 0.3 is 0 Å². The fourth-order valence-electron chi connectivity index (χ4n) is 16.0. The molecule has 21 rings (SSSR count). The zero-order valence-electron chi connectivity index (χ0n) is 92.4. The van der Waals surface area contributed by atoms with Gasteiger partial charge in [-0.15, -0.1) is 68.0 Å². The van der Waals surface area contributed by atoms with Gasteiger partial charge in [-0.3, -0.25) is 0 Å². The third kappa shape index (κ3) is 53.3. The highest BCUT2D eigenvalue weighted by Crippen LogP contribution is 2.33. The smallest absolute Gasteiger partial charge is 0.132 e. The summed E-state index contributed by atoms with van der Waals surface area (Å²) in [5, 5.41) is 17.2. The second-order valence-electron chi connectivity index (χ2n) is 38.1. The van der Waals surface area contributed by atoms with Crippen molar-refractivity contribution in [3.8, 4) is 5.75 Å². The minimum atomic E-state index is -0.146. The monoisotopic (exact) mass is 2160 g/mol. The molecule has 17 aromatic rings. The summed E-state index contributed by atoms with van der Waals surface area (Å²) >= 11 is 39.7. The van der Waals surface area contributed by atoms with E-state index in [2.05, 4.69) is 289 Å². The van der Waals surface area contributed by atoms with Crippen LogP contribution < -0.4 is 4.74 Å². The summed E-state index contributed by atoms with van der Waals surface area (Å²) in [4.78, 5) is 8.57. The van der Waals surface area contributed by atoms with Crippen molar-refractivity contribution in [3.05, 3.63) is 508 Å². The lowest BCUT2D eigenvalue weighted by atomic mass is 9.89. The van der Waals surface area contributed by atoms with E-state index in [0.717, 1.165) is 66.3 Å². The predicted octanol–water partition coefficient (Wildman–Crippen LogP) is 43.4. The number of ether oxygens (including phenoxy) is 2. The van der Waals surface area contributed by atoms with Crippen molar-refractivity contribution >= 4 is 126 Å². The van der Waals surface area contributed by atoms with Crippen molar-refractivity contribution in [1.29, 1.82) is 0 Å². The summed E-state index contributed by atoms with van der Waals surface area (Å²) in [6, 6.07) is 83.7. The molecule has 1 aliphatic heterocycles. The van der Waals surface area contributed by atoms with Gasteiger partial charge < -0.3 is 9.47 Å². The molecular weight excluding hydrogens is 2010 g/mol. The van der Waals surface area contributed by atoms with Gasteiger partial charge in [0.15, 0.2) is 0 Å². The van der Waals surface area contributed by atoms with Crippen LogP contribution in [-0.4, -0.2) is 7.11 Å². The van der Waals surface area contributed by atoms with Gasteiger partial charge in [-0.2, -0.15) is 0 Å². The first-order chi connectivity index (χ1) is 69.3. The number of aryl methyl sites for hydroxylation is 31. The molecule has 0 fully saturated rings. The molecule has 778 valence electrons. The van der Waals surface area contributed by atoms with Crippen LogP contribution in [0.3, 0.4) is 0 Å². The summed E-state index contributed by atoms with van der Waals surface area (Å²) < 4.78 is 22.7. The van der Waals surface area contributed by atoms with Gasteiger partial charge in [0, 0.05) is 54.4 Å². The van der Waals surface area contributed by atoms with Gasteiger partial charge in [-0.1, -0.05) is 283 Å². The van der Waals surface area contributed by atoms with Gasteiger partial charge in [0.25, 0.3) is 0 Å². The van der Waals surface area contributed by atoms with E-state index in [-0.39, 0.29) is 5.82 Å². The third-order valence-electron chi connectivity index (χ3n) is 23.6. The number of fused-ring (bicyclic) bond motifs is 4. The van der Waals surface area contributed by atoms with Crippen LogP contribution in [0.1, 0.15) is 228 Å². The van der Waals surface area contributed by atoms with Crippen LogP contribution >= 0.6 is 126 Å². The Hall–Kier alpha value is -9.24. The number of halogens is 6. The van der Waals surface area contributed by atoms with Crippen molar-refractivity contribution in [2.24, 2.45) is 0 Å². The fourth-order valence-corrected chi connectivity index (χ4v) is 22.0. The van der Waals surface area contributed by atoms with Crippen molar-refractivity contribution in [1.82, 2.24) is 0 Å². The second kappa shape index (κ2) is 69.9. The molecule has 6 aromatic heterocycles. The molecule has 0 amide bonds. The number of methoxy groups -OCH3 is 1. The maximum atomic E-state index is 12.4. The van der Waals surface area contributed by atoms with E-state index in [4.69, 9.17) is 67.5 Å². The average molecular weight is 2170 g/mol. The summed E-state index contributed by atoms with van der Waals surface area (Å²) in [7, 11) is 1.69. The molecule has 0 radical (unpaired) electrons. The van der Waals surface area contributed by atoms with Gasteiger partial charge in [0.1, 0.15) is 11.6 Å². The molecular formula is C132H160Cl5FO2S6. The maximum absolute atomic E-state index is 12.4. The van der Waals surface area contributed by atoms with Crippen LogP contribution in [0, 0.1) is 200 Å². The Labute approximate surface area is 929 Å². The highest BCUT2D eigenvalue weighted by molar-refractivity contribution is 7.11. The zero-order valence-corrected chi connectivity index (χ0v) is 101. The molecule has 0 unspecified atom stereocenters.